The maximum absolute atomic E-state index is 12.7. The first kappa shape index (κ1) is 17.7. The van der Waals surface area contributed by atoms with E-state index >= 15 is 0 Å². The number of hydrogen-bond acceptors (Lipinski definition) is 4. The molecular weight excluding hydrogens is 330 g/mol. The lowest BCUT2D eigenvalue weighted by Crippen LogP contribution is -2.32. The summed E-state index contributed by atoms with van der Waals surface area (Å²) in [6, 6.07) is 17.1. The van der Waals surface area contributed by atoms with E-state index < -0.39 is 5.91 Å². The van der Waals surface area contributed by atoms with Gasteiger partial charge < -0.3 is 14.8 Å². The van der Waals surface area contributed by atoms with Crippen LogP contribution >= 0.6 is 0 Å². The van der Waals surface area contributed by atoms with Gasteiger partial charge in [-0.25, -0.2) is 0 Å². The molecule has 2 aromatic carbocycles. The zero-order valence-electron chi connectivity index (χ0n) is 14.8. The third-order valence-corrected chi connectivity index (χ3v) is 4.36. The van der Waals surface area contributed by atoms with E-state index in [1.54, 1.807) is 7.11 Å². The van der Waals surface area contributed by atoms with E-state index in [1.165, 1.54) is 7.05 Å². The normalized spacial score (nSPS) is 16.8. The van der Waals surface area contributed by atoms with E-state index in [-0.39, 0.29) is 23.9 Å². The highest BCUT2D eigenvalue weighted by molar-refractivity contribution is 6.20. The SMILES string of the molecule is CNC(=O)C1=C(Cc2ccc(OC)cc2)OC(c2ccccc2)CC1=O. The maximum atomic E-state index is 12.7. The molecule has 0 spiro atoms. The van der Waals surface area contributed by atoms with E-state index in [9.17, 15) is 9.59 Å². The molecule has 134 valence electrons. The zero-order valence-corrected chi connectivity index (χ0v) is 14.8. The van der Waals surface area contributed by atoms with Crippen molar-refractivity contribution < 1.29 is 19.1 Å². The molecule has 3 rings (SSSR count). The number of likely N-dealkylation sites (N-methyl/N-ethyl adjacent to an activating group) is 1. The topological polar surface area (TPSA) is 64.6 Å². The van der Waals surface area contributed by atoms with Crippen LogP contribution in [0.15, 0.2) is 65.9 Å². The highest BCUT2D eigenvalue weighted by atomic mass is 16.5. The average molecular weight is 351 g/mol. The van der Waals surface area contributed by atoms with Crippen LogP contribution in [-0.4, -0.2) is 25.8 Å². The molecule has 0 saturated heterocycles. The minimum Gasteiger partial charge on any atom is -0.497 e. The smallest absolute Gasteiger partial charge is 0.258 e. The number of nitrogens with one attached hydrogen (secondary N) is 1. The van der Waals surface area contributed by atoms with Crippen molar-refractivity contribution in [1.29, 1.82) is 0 Å². The quantitative estimate of drug-likeness (QED) is 0.841. The Morgan fingerprint density at radius 2 is 1.85 bits per heavy atom. The highest BCUT2D eigenvalue weighted by Crippen LogP contribution is 2.33. The van der Waals surface area contributed by atoms with E-state index in [2.05, 4.69) is 5.32 Å². The molecule has 0 radical (unpaired) electrons. The maximum Gasteiger partial charge on any atom is 0.258 e. The van der Waals surface area contributed by atoms with Crippen molar-refractivity contribution in [2.24, 2.45) is 0 Å². The molecule has 1 N–H and O–H groups in total. The molecular formula is C21H21NO4. The highest BCUT2D eigenvalue weighted by Gasteiger charge is 2.33. The number of carbonyl (C=O) groups excluding carboxylic acids is 2. The van der Waals surface area contributed by atoms with Gasteiger partial charge in [0, 0.05) is 13.5 Å². The first-order chi connectivity index (χ1) is 12.6. The molecule has 5 nitrogen and oxygen atoms in total. The number of rotatable bonds is 5. The lowest BCUT2D eigenvalue weighted by Gasteiger charge is -2.27. The number of hydrogen-bond donors (Lipinski definition) is 1. The second-order valence-electron chi connectivity index (χ2n) is 6.05. The number of allylic oxidation sites excluding steroid dienone is 1. The second kappa shape index (κ2) is 7.87. The van der Waals surface area contributed by atoms with Gasteiger partial charge in [-0.15, -0.1) is 0 Å². The van der Waals surface area contributed by atoms with Gasteiger partial charge in [-0.1, -0.05) is 42.5 Å². The van der Waals surface area contributed by atoms with Gasteiger partial charge in [0.15, 0.2) is 5.78 Å². The molecule has 1 amide bonds. The summed E-state index contributed by atoms with van der Waals surface area (Å²) >= 11 is 0. The lowest BCUT2D eigenvalue weighted by molar-refractivity contribution is -0.125. The Hall–Kier alpha value is -3.08. The van der Waals surface area contributed by atoms with Gasteiger partial charge in [0.05, 0.1) is 13.5 Å². The van der Waals surface area contributed by atoms with Crippen LogP contribution in [0.4, 0.5) is 0 Å². The van der Waals surface area contributed by atoms with E-state index in [1.807, 2.05) is 54.6 Å². The molecule has 1 aliphatic rings. The van der Waals surface area contributed by atoms with E-state index in [0.29, 0.717) is 12.2 Å². The summed E-state index contributed by atoms with van der Waals surface area (Å²) in [5, 5.41) is 2.54. The van der Waals surface area contributed by atoms with Crippen LogP contribution in [0.1, 0.15) is 23.7 Å². The molecule has 1 atom stereocenters. The van der Waals surface area contributed by atoms with Crippen molar-refractivity contribution in [2.75, 3.05) is 14.2 Å². The lowest BCUT2D eigenvalue weighted by atomic mass is 9.93. The van der Waals surface area contributed by atoms with Gasteiger partial charge in [-0.3, -0.25) is 9.59 Å². The molecule has 1 aliphatic heterocycles. The predicted octanol–water partition coefficient (Wildman–Crippen LogP) is 2.97. The van der Waals surface area contributed by atoms with Crippen molar-refractivity contribution in [3.8, 4) is 5.75 Å². The van der Waals surface area contributed by atoms with Crippen molar-refractivity contribution in [3.05, 3.63) is 77.1 Å². The minimum atomic E-state index is -0.412. The molecule has 26 heavy (non-hydrogen) atoms. The third kappa shape index (κ3) is 3.77. The fourth-order valence-electron chi connectivity index (χ4n) is 2.99. The minimum absolute atomic E-state index is 0.107. The molecule has 0 bridgehead atoms. The standard InChI is InChI=1S/C21H21NO4/c1-22-21(24)20-17(23)13-18(15-6-4-3-5-7-15)26-19(20)12-14-8-10-16(25-2)11-9-14/h3-11,18H,12-13H2,1-2H3,(H,22,24). The number of amides is 1. The Morgan fingerprint density at radius 3 is 2.46 bits per heavy atom. The van der Waals surface area contributed by atoms with Gasteiger partial charge in [-0.2, -0.15) is 0 Å². The molecule has 0 saturated carbocycles. The number of ketones is 1. The van der Waals surface area contributed by atoms with Crippen molar-refractivity contribution >= 4 is 11.7 Å². The van der Waals surface area contributed by atoms with Gasteiger partial charge in [0.1, 0.15) is 23.2 Å². The summed E-state index contributed by atoms with van der Waals surface area (Å²) in [6.45, 7) is 0. The van der Waals surface area contributed by atoms with Crippen LogP contribution in [0.2, 0.25) is 0 Å². The summed E-state index contributed by atoms with van der Waals surface area (Å²) in [7, 11) is 3.12. The predicted molar refractivity (Wildman–Crippen MR) is 97.7 cm³/mol. The van der Waals surface area contributed by atoms with Gasteiger partial charge in [0.2, 0.25) is 0 Å². The van der Waals surface area contributed by atoms with Crippen LogP contribution < -0.4 is 10.1 Å². The number of methoxy groups -OCH3 is 1. The summed E-state index contributed by atoms with van der Waals surface area (Å²) < 4.78 is 11.3. The van der Waals surface area contributed by atoms with Crippen LogP contribution in [0, 0.1) is 0 Å². The van der Waals surface area contributed by atoms with Gasteiger partial charge >= 0.3 is 0 Å². The summed E-state index contributed by atoms with van der Waals surface area (Å²) in [6.07, 6.45) is 0.131. The number of ether oxygens (including phenoxy) is 2. The molecule has 0 aliphatic carbocycles. The Kier molecular flexibility index (Phi) is 5.37. The van der Waals surface area contributed by atoms with Crippen LogP contribution in [-0.2, 0) is 20.7 Å². The average Bonchev–Trinajstić information content (AvgIpc) is 2.68. The zero-order chi connectivity index (χ0) is 18.5. The number of benzene rings is 2. The van der Waals surface area contributed by atoms with Crippen molar-refractivity contribution in [1.82, 2.24) is 5.32 Å². The fourth-order valence-corrected chi connectivity index (χ4v) is 2.99. The largest absolute Gasteiger partial charge is 0.497 e. The molecule has 1 unspecified atom stereocenters. The number of carbonyl (C=O) groups is 2. The fraction of sp³-hybridized carbons (Fsp3) is 0.238. The van der Waals surface area contributed by atoms with Gasteiger partial charge in [-0.05, 0) is 23.3 Å². The van der Waals surface area contributed by atoms with Crippen LogP contribution in [0.25, 0.3) is 0 Å². The summed E-state index contributed by atoms with van der Waals surface area (Å²) in [4.78, 5) is 24.9. The molecule has 5 heteroatoms. The molecule has 2 aromatic rings. The second-order valence-corrected chi connectivity index (χ2v) is 6.05. The third-order valence-electron chi connectivity index (χ3n) is 4.36. The Bertz CT molecular complexity index is 825. The van der Waals surface area contributed by atoms with E-state index in [0.717, 1.165) is 16.9 Å². The first-order valence-corrected chi connectivity index (χ1v) is 8.45. The van der Waals surface area contributed by atoms with Crippen molar-refractivity contribution in [2.45, 2.75) is 18.9 Å². The molecule has 1 heterocycles. The Morgan fingerprint density at radius 1 is 1.15 bits per heavy atom. The Balaban J connectivity index is 1.93. The summed E-state index contributed by atoms with van der Waals surface area (Å²) in [5.41, 5.74) is 1.96. The number of Topliss-reactive ketones (excluding diaryl/α,β-unsaturated/α-hetero) is 1. The molecule has 0 aromatic heterocycles. The van der Waals surface area contributed by atoms with Crippen LogP contribution in [0.5, 0.6) is 5.75 Å². The first-order valence-electron chi connectivity index (χ1n) is 8.45. The Labute approximate surface area is 152 Å². The van der Waals surface area contributed by atoms with Crippen molar-refractivity contribution in [3.63, 3.8) is 0 Å². The monoisotopic (exact) mass is 351 g/mol. The molecule has 0 fully saturated rings. The van der Waals surface area contributed by atoms with Gasteiger partial charge in [0.25, 0.3) is 5.91 Å². The van der Waals surface area contributed by atoms with E-state index in [4.69, 9.17) is 9.47 Å². The summed E-state index contributed by atoms with van der Waals surface area (Å²) in [5.74, 6) is 0.537. The van der Waals surface area contributed by atoms with Crippen LogP contribution in [0.3, 0.4) is 0 Å².